The van der Waals surface area contributed by atoms with E-state index in [-0.39, 0.29) is 11.8 Å². The van der Waals surface area contributed by atoms with Crippen molar-refractivity contribution in [2.75, 3.05) is 0 Å². The number of hydrogen-bond acceptors (Lipinski definition) is 3. The molecule has 0 atom stereocenters. The molecule has 0 saturated carbocycles. The van der Waals surface area contributed by atoms with Gasteiger partial charge >= 0.3 is 5.69 Å². The lowest BCUT2D eigenvalue weighted by molar-refractivity contribution is 0.240. The molecule has 1 aromatic heterocycles. The molecule has 0 spiro atoms. The molecule has 7 heteroatoms. The Morgan fingerprint density at radius 1 is 1.47 bits per heavy atom. The predicted octanol–water partition coefficient (Wildman–Crippen LogP) is 2.56. The van der Waals surface area contributed by atoms with E-state index in [0.29, 0.717) is 16.0 Å². The number of ether oxygens (including phenoxy) is 1. The molecule has 0 unspecified atom stereocenters. The van der Waals surface area contributed by atoms with E-state index in [9.17, 15) is 9.18 Å². The lowest BCUT2D eigenvalue weighted by Gasteiger charge is -2.13. The van der Waals surface area contributed by atoms with Gasteiger partial charge < -0.3 is 4.74 Å². The van der Waals surface area contributed by atoms with Crippen molar-refractivity contribution >= 4 is 15.9 Å². The van der Waals surface area contributed by atoms with Crippen molar-refractivity contribution in [3.8, 4) is 11.4 Å². The number of hydrogen-bond donors (Lipinski definition) is 1. The summed E-state index contributed by atoms with van der Waals surface area (Å²) in [5.41, 5.74) is -0.442. The van der Waals surface area contributed by atoms with Crippen molar-refractivity contribution < 1.29 is 9.13 Å². The van der Waals surface area contributed by atoms with Crippen LogP contribution in [0.5, 0.6) is 5.75 Å². The van der Waals surface area contributed by atoms with Crippen LogP contribution in [-0.2, 0) is 0 Å². The third-order valence-electron chi connectivity index (χ3n) is 2.32. The average molecular weight is 330 g/mol. The van der Waals surface area contributed by atoms with Gasteiger partial charge in [0, 0.05) is 6.07 Å². The topological polar surface area (TPSA) is 59.9 Å². The highest BCUT2D eigenvalue weighted by molar-refractivity contribution is 9.10. The fourth-order valence-corrected chi connectivity index (χ4v) is 2.03. The van der Waals surface area contributed by atoms with Crippen molar-refractivity contribution in [3.05, 3.63) is 38.7 Å². The second-order valence-electron chi connectivity index (χ2n) is 4.33. The van der Waals surface area contributed by atoms with Crippen LogP contribution in [0, 0.1) is 12.7 Å². The maximum atomic E-state index is 13.9. The number of nitrogens with zero attached hydrogens (tertiary/aromatic N) is 2. The summed E-state index contributed by atoms with van der Waals surface area (Å²) in [5, 5.41) is 3.93. The average Bonchev–Trinajstić information content (AvgIpc) is 2.61. The van der Waals surface area contributed by atoms with Crippen molar-refractivity contribution in [2.24, 2.45) is 0 Å². The van der Waals surface area contributed by atoms with Crippen LogP contribution in [0.2, 0.25) is 0 Å². The largest absolute Gasteiger partial charge is 0.490 e. The molecule has 0 amide bonds. The number of rotatable bonds is 3. The Morgan fingerprint density at radius 3 is 2.68 bits per heavy atom. The molecule has 0 radical (unpaired) electrons. The van der Waals surface area contributed by atoms with Gasteiger partial charge in [0.2, 0.25) is 0 Å². The first-order valence-corrected chi connectivity index (χ1v) is 6.50. The Hall–Kier alpha value is -1.63. The maximum Gasteiger partial charge on any atom is 0.348 e. The second-order valence-corrected chi connectivity index (χ2v) is 5.18. The molecule has 0 fully saturated rings. The highest BCUT2D eigenvalue weighted by Gasteiger charge is 2.15. The quantitative estimate of drug-likeness (QED) is 0.941. The van der Waals surface area contributed by atoms with Gasteiger partial charge in [-0.3, -0.25) is 4.98 Å². The molecule has 1 aromatic carbocycles. The van der Waals surface area contributed by atoms with Gasteiger partial charge in [-0.2, -0.15) is 9.78 Å². The first-order chi connectivity index (χ1) is 8.88. The summed E-state index contributed by atoms with van der Waals surface area (Å²) in [4.78, 5) is 14.1. The number of nitrogens with one attached hydrogen (secondary N) is 1. The van der Waals surface area contributed by atoms with Crippen LogP contribution in [0.25, 0.3) is 5.69 Å². The van der Waals surface area contributed by atoms with Gasteiger partial charge in [0.05, 0.1) is 10.6 Å². The zero-order chi connectivity index (χ0) is 14.2. The molecule has 1 N–H and O–H groups in total. The Labute approximate surface area is 117 Å². The van der Waals surface area contributed by atoms with E-state index in [4.69, 9.17) is 4.74 Å². The predicted molar refractivity (Wildman–Crippen MR) is 72.3 cm³/mol. The number of aryl methyl sites for hydroxylation is 1. The number of halogens is 2. The van der Waals surface area contributed by atoms with Crippen LogP contribution < -0.4 is 10.4 Å². The zero-order valence-corrected chi connectivity index (χ0v) is 12.3. The molecule has 0 aliphatic heterocycles. The Bertz CT molecular complexity index is 663. The molecule has 19 heavy (non-hydrogen) atoms. The first kappa shape index (κ1) is 13.8. The molecular formula is C12H13BrFN3O2. The fraction of sp³-hybridized carbons (Fsp3) is 0.333. The number of H-pyrrole nitrogens is 1. The van der Waals surface area contributed by atoms with Crippen LogP contribution in [0.3, 0.4) is 0 Å². The molecule has 0 saturated heterocycles. The smallest absolute Gasteiger partial charge is 0.348 e. The highest BCUT2D eigenvalue weighted by atomic mass is 79.9. The minimum Gasteiger partial charge on any atom is -0.490 e. The summed E-state index contributed by atoms with van der Waals surface area (Å²) in [7, 11) is 0. The highest BCUT2D eigenvalue weighted by Crippen LogP contribution is 2.30. The third-order valence-corrected chi connectivity index (χ3v) is 2.94. The number of benzene rings is 1. The molecule has 1 heterocycles. The molecule has 2 rings (SSSR count). The summed E-state index contributed by atoms with van der Waals surface area (Å²) >= 11 is 3.23. The molecule has 0 aliphatic carbocycles. The van der Waals surface area contributed by atoms with Gasteiger partial charge in [0.25, 0.3) is 0 Å². The van der Waals surface area contributed by atoms with E-state index in [1.54, 1.807) is 6.92 Å². The summed E-state index contributed by atoms with van der Waals surface area (Å²) < 4.78 is 21.0. The zero-order valence-electron chi connectivity index (χ0n) is 10.7. The van der Waals surface area contributed by atoms with Crippen molar-refractivity contribution in [3.63, 3.8) is 0 Å². The van der Waals surface area contributed by atoms with E-state index in [0.717, 1.165) is 4.68 Å². The lowest BCUT2D eigenvalue weighted by Crippen LogP contribution is -2.17. The second kappa shape index (κ2) is 5.16. The molecule has 2 aromatic rings. The van der Waals surface area contributed by atoms with E-state index >= 15 is 0 Å². The van der Waals surface area contributed by atoms with Gasteiger partial charge in [0.15, 0.2) is 0 Å². The first-order valence-electron chi connectivity index (χ1n) is 5.70. The normalized spacial score (nSPS) is 11.1. The van der Waals surface area contributed by atoms with Gasteiger partial charge in [-0.15, -0.1) is 0 Å². The van der Waals surface area contributed by atoms with Crippen molar-refractivity contribution in [1.82, 2.24) is 14.8 Å². The van der Waals surface area contributed by atoms with Crippen molar-refractivity contribution in [1.29, 1.82) is 0 Å². The minimum absolute atomic E-state index is 0.0493. The standard InChI is InChI=1S/C12H13BrFN3O2/c1-6(2)19-11-5-10(9(14)4-8(11)13)17-12(18)15-7(3)16-17/h4-6H,1-3H3,(H,15,16,18). The molecule has 0 bridgehead atoms. The minimum atomic E-state index is -0.559. The van der Waals surface area contributed by atoms with Crippen molar-refractivity contribution in [2.45, 2.75) is 26.9 Å². The number of aromatic amines is 1. The number of aromatic nitrogens is 3. The van der Waals surface area contributed by atoms with Crippen LogP contribution in [0.15, 0.2) is 21.4 Å². The fourth-order valence-electron chi connectivity index (χ4n) is 1.62. The molecular weight excluding hydrogens is 317 g/mol. The monoisotopic (exact) mass is 329 g/mol. The van der Waals surface area contributed by atoms with E-state index in [1.807, 2.05) is 13.8 Å². The van der Waals surface area contributed by atoms with Crippen LogP contribution in [0.4, 0.5) is 4.39 Å². The lowest BCUT2D eigenvalue weighted by atomic mass is 10.3. The SMILES string of the molecule is Cc1nn(-c2cc(OC(C)C)c(Br)cc2F)c(=O)[nH]1. The summed E-state index contributed by atoms with van der Waals surface area (Å²) in [6, 6.07) is 2.70. The Balaban J connectivity index is 2.57. The van der Waals surface area contributed by atoms with E-state index in [1.165, 1.54) is 12.1 Å². The summed E-state index contributed by atoms with van der Waals surface area (Å²) in [5.74, 6) is 0.314. The summed E-state index contributed by atoms with van der Waals surface area (Å²) in [6.45, 7) is 5.35. The molecule has 102 valence electrons. The van der Waals surface area contributed by atoms with Gasteiger partial charge in [0.1, 0.15) is 23.1 Å². The van der Waals surface area contributed by atoms with Crippen LogP contribution in [-0.4, -0.2) is 20.9 Å². The van der Waals surface area contributed by atoms with Crippen LogP contribution in [0.1, 0.15) is 19.7 Å². The molecule has 0 aliphatic rings. The third kappa shape index (κ3) is 2.86. The van der Waals surface area contributed by atoms with Crippen LogP contribution >= 0.6 is 15.9 Å². The Kier molecular flexibility index (Phi) is 3.75. The van der Waals surface area contributed by atoms with E-state index < -0.39 is 11.5 Å². The summed E-state index contributed by atoms with van der Waals surface area (Å²) in [6.07, 6.45) is -0.0627. The Morgan fingerprint density at radius 2 is 2.16 bits per heavy atom. The van der Waals surface area contributed by atoms with E-state index in [2.05, 4.69) is 26.0 Å². The molecule has 5 nitrogen and oxygen atoms in total. The van der Waals surface area contributed by atoms with Gasteiger partial charge in [-0.05, 0) is 42.8 Å². The maximum absolute atomic E-state index is 13.9. The van der Waals surface area contributed by atoms with Gasteiger partial charge in [-0.25, -0.2) is 9.18 Å². The van der Waals surface area contributed by atoms with Gasteiger partial charge in [-0.1, -0.05) is 0 Å².